The summed E-state index contributed by atoms with van der Waals surface area (Å²) in [6, 6.07) is 14.6. The first-order valence-corrected chi connectivity index (χ1v) is 7.72. The zero-order valence-electron chi connectivity index (χ0n) is 14.1. The molecule has 2 aromatic rings. The van der Waals surface area contributed by atoms with Gasteiger partial charge in [0.2, 0.25) is 0 Å². The summed E-state index contributed by atoms with van der Waals surface area (Å²) in [5.41, 5.74) is 1.81. The highest BCUT2D eigenvalue weighted by atomic mass is 16.4. The van der Waals surface area contributed by atoms with Gasteiger partial charge < -0.3 is 10.4 Å². The molecule has 0 radical (unpaired) electrons. The van der Waals surface area contributed by atoms with Crippen LogP contribution in [0.1, 0.15) is 15.9 Å². The van der Waals surface area contributed by atoms with Crippen molar-refractivity contribution >= 4 is 17.6 Å². The fourth-order valence-corrected chi connectivity index (χ4v) is 2.11. The van der Waals surface area contributed by atoms with Gasteiger partial charge in [-0.15, -0.1) is 5.11 Å². The van der Waals surface area contributed by atoms with Crippen LogP contribution in [0.4, 0.5) is 5.69 Å². The number of carbonyl (C=O) groups is 2. The SMILES string of the molecule is CN(C)N=Nc1ccc(C(=O)N[C@@H](Cc2ccccc2)C(=O)O)cc1. The van der Waals surface area contributed by atoms with Crippen LogP contribution < -0.4 is 5.32 Å². The molecule has 0 unspecified atom stereocenters. The van der Waals surface area contributed by atoms with Crippen molar-refractivity contribution in [1.29, 1.82) is 0 Å². The molecule has 0 spiro atoms. The largest absolute Gasteiger partial charge is 0.480 e. The zero-order chi connectivity index (χ0) is 18.2. The maximum atomic E-state index is 12.3. The third kappa shape index (κ3) is 5.72. The van der Waals surface area contributed by atoms with Gasteiger partial charge in [-0.25, -0.2) is 4.79 Å². The molecule has 0 saturated heterocycles. The highest BCUT2D eigenvalue weighted by molar-refractivity contribution is 5.96. The lowest BCUT2D eigenvalue weighted by molar-refractivity contribution is -0.139. The number of carboxylic acid groups (broad SMARTS) is 1. The van der Waals surface area contributed by atoms with Crippen LogP contribution in [0.25, 0.3) is 0 Å². The van der Waals surface area contributed by atoms with Crippen LogP contribution >= 0.6 is 0 Å². The van der Waals surface area contributed by atoms with Crippen LogP contribution in [-0.4, -0.2) is 42.1 Å². The lowest BCUT2D eigenvalue weighted by Gasteiger charge is -2.14. The maximum Gasteiger partial charge on any atom is 0.326 e. The van der Waals surface area contributed by atoms with Crippen molar-refractivity contribution in [3.05, 3.63) is 65.7 Å². The summed E-state index contributed by atoms with van der Waals surface area (Å²) in [5.74, 6) is -1.52. The highest BCUT2D eigenvalue weighted by Crippen LogP contribution is 2.14. The van der Waals surface area contributed by atoms with Gasteiger partial charge in [0.15, 0.2) is 0 Å². The Balaban J connectivity index is 2.04. The van der Waals surface area contributed by atoms with Crippen molar-refractivity contribution in [3.63, 3.8) is 0 Å². The molecule has 2 aromatic carbocycles. The Bertz CT molecular complexity index is 743. The zero-order valence-corrected chi connectivity index (χ0v) is 14.1. The minimum atomic E-state index is -1.08. The first-order valence-electron chi connectivity index (χ1n) is 7.72. The molecule has 0 fully saturated rings. The number of nitrogens with one attached hydrogen (secondary N) is 1. The Morgan fingerprint density at radius 1 is 1.08 bits per heavy atom. The smallest absolute Gasteiger partial charge is 0.326 e. The second-order valence-corrected chi connectivity index (χ2v) is 5.64. The molecule has 0 aliphatic rings. The Labute approximate surface area is 146 Å². The van der Waals surface area contributed by atoms with E-state index in [0.717, 1.165) is 5.56 Å². The summed E-state index contributed by atoms with van der Waals surface area (Å²) in [6.07, 6.45) is 0.219. The van der Waals surface area contributed by atoms with Crippen LogP contribution in [0.3, 0.4) is 0 Å². The molecular formula is C18H20N4O3. The first-order chi connectivity index (χ1) is 12.0. The molecule has 0 saturated carbocycles. The van der Waals surface area contributed by atoms with Crippen molar-refractivity contribution in [3.8, 4) is 0 Å². The molecule has 0 aliphatic heterocycles. The number of benzene rings is 2. The van der Waals surface area contributed by atoms with E-state index < -0.39 is 17.9 Å². The van der Waals surface area contributed by atoms with Crippen molar-refractivity contribution in [2.24, 2.45) is 10.3 Å². The van der Waals surface area contributed by atoms with Gasteiger partial charge in [-0.05, 0) is 29.8 Å². The van der Waals surface area contributed by atoms with Gasteiger partial charge in [-0.1, -0.05) is 35.6 Å². The molecule has 0 aliphatic carbocycles. The van der Waals surface area contributed by atoms with Gasteiger partial charge in [0.1, 0.15) is 6.04 Å². The van der Waals surface area contributed by atoms with E-state index >= 15 is 0 Å². The molecule has 7 nitrogen and oxygen atoms in total. The van der Waals surface area contributed by atoms with E-state index in [1.807, 2.05) is 30.3 Å². The Kier molecular flexibility index (Phi) is 6.22. The molecule has 7 heteroatoms. The van der Waals surface area contributed by atoms with Gasteiger partial charge in [-0.2, -0.15) is 0 Å². The van der Waals surface area contributed by atoms with Gasteiger partial charge in [0.25, 0.3) is 5.91 Å². The Morgan fingerprint density at radius 3 is 2.28 bits per heavy atom. The number of rotatable bonds is 7. The summed E-state index contributed by atoms with van der Waals surface area (Å²) >= 11 is 0. The van der Waals surface area contributed by atoms with Crippen molar-refractivity contribution < 1.29 is 14.7 Å². The fraction of sp³-hybridized carbons (Fsp3) is 0.222. The molecule has 1 amide bonds. The predicted octanol–water partition coefficient (Wildman–Crippen LogP) is 2.67. The number of hydrogen-bond acceptors (Lipinski definition) is 4. The van der Waals surface area contributed by atoms with Crippen LogP contribution in [-0.2, 0) is 11.2 Å². The molecule has 130 valence electrons. The summed E-state index contributed by atoms with van der Waals surface area (Å²) in [7, 11) is 3.51. The van der Waals surface area contributed by atoms with Crippen LogP contribution in [0.15, 0.2) is 64.9 Å². The Morgan fingerprint density at radius 2 is 1.72 bits per heavy atom. The fourth-order valence-electron chi connectivity index (χ4n) is 2.11. The summed E-state index contributed by atoms with van der Waals surface area (Å²) < 4.78 is 0. The van der Waals surface area contributed by atoms with Crippen molar-refractivity contribution in [2.45, 2.75) is 12.5 Å². The minimum Gasteiger partial charge on any atom is -0.480 e. The second-order valence-electron chi connectivity index (χ2n) is 5.64. The molecule has 0 aromatic heterocycles. The first kappa shape index (κ1) is 18.1. The average Bonchev–Trinajstić information content (AvgIpc) is 2.60. The van der Waals surface area contributed by atoms with E-state index in [1.54, 1.807) is 43.4 Å². The maximum absolute atomic E-state index is 12.3. The molecular weight excluding hydrogens is 320 g/mol. The number of amides is 1. The number of nitrogens with zero attached hydrogens (tertiary/aromatic N) is 3. The number of hydrogen-bond donors (Lipinski definition) is 2. The van der Waals surface area contributed by atoms with E-state index in [4.69, 9.17) is 0 Å². The summed E-state index contributed by atoms with van der Waals surface area (Å²) in [6.45, 7) is 0. The summed E-state index contributed by atoms with van der Waals surface area (Å²) in [5, 5.41) is 21.3. The van der Waals surface area contributed by atoms with Crippen molar-refractivity contribution in [2.75, 3.05) is 14.1 Å². The van der Waals surface area contributed by atoms with E-state index in [2.05, 4.69) is 15.7 Å². The van der Waals surface area contributed by atoms with Gasteiger partial charge in [0.05, 0.1) is 5.69 Å². The number of carboxylic acids is 1. The molecule has 25 heavy (non-hydrogen) atoms. The minimum absolute atomic E-state index is 0.219. The van der Waals surface area contributed by atoms with Gasteiger partial charge in [-0.3, -0.25) is 9.80 Å². The quantitative estimate of drug-likeness (QED) is 0.598. The van der Waals surface area contributed by atoms with Gasteiger partial charge in [0, 0.05) is 26.1 Å². The third-order valence-corrected chi connectivity index (χ3v) is 3.35. The normalized spacial score (nSPS) is 11.9. The molecule has 2 N–H and O–H groups in total. The van der Waals surface area contributed by atoms with Gasteiger partial charge >= 0.3 is 5.97 Å². The van der Waals surface area contributed by atoms with Crippen LogP contribution in [0, 0.1) is 0 Å². The lowest BCUT2D eigenvalue weighted by Crippen LogP contribution is -2.42. The standard InChI is InChI=1S/C18H20N4O3/c1-22(2)21-20-15-10-8-14(9-11-15)17(23)19-16(18(24)25)12-13-6-4-3-5-7-13/h3-11,16H,12H2,1-2H3,(H,19,23)(H,24,25)/t16-/m0/s1. The second kappa shape index (κ2) is 8.58. The Hall–Kier alpha value is -3.22. The monoisotopic (exact) mass is 340 g/mol. The van der Waals surface area contributed by atoms with Crippen LogP contribution in [0.2, 0.25) is 0 Å². The van der Waals surface area contributed by atoms with Crippen LogP contribution in [0.5, 0.6) is 0 Å². The molecule has 2 rings (SSSR count). The predicted molar refractivity (Wildman–Crippen MR) is 93.7 cm³/mol. The molecule has 1 atom stereocenters. The lowest BCUT2D eigenvalue weighted by atomic mass is 10.1. The average molecular weight is 340 g/mol. The topological polar surface area (TPSA) is 94.4 Å². The highest BCUT2D eigenvalue weighted by Gasteiger charge is 2.21. The van der Waals surface area contributed by atoms with E-state index in [1.165, 1.54) is 0 Å². The van der Waals surface area contributed by atoms with E-state index in [-0.39, 0.29) is 6.42 Å². The molecule has 0 heterocycles. The number of carbonyl (C=O) groups excluding carboxylic acids is 1. The summed E-state index contributed by atoms with van der Waals surface area (Å²) in [4.78, 5) is 23.7. The third-order valence-electron chi connectivity index (χ3n) is 3.35. The number of aliphatic carboxylic acids is 1. The van der Waals surface area contributed by atoms with Crippen molar-refractivity contribution in [1.82, 2.24) is 10.3 Å². The van der Waals surface area contributed by atoms with E-state index in [9.17, 15) is 14.7 Å². The molecule has 0 bridgehead atoms. The van der Waals surface area contributed by atoms with E-state index in [0.29, 0.717) is 11.3 Å².